The Morgan fingerprint density at radius 1 is 1.50 bits per heavy atom. The highest BCUT2D eigenvalue weighted by Gasteiger charge is 2.19. The Bertz CT molecular complexity index is 419. The minimum Gasteiger partial charge on any atom is -0.423 e. The molecule has 18 heavy (non-hydrogen) atoms. The molecule has 98 valence electrons. The molecule has 1 aromatic carbocycles. The van der Waals surface area contributed by atoms with E-state index in [0.717, 1.165) is 18.8 Å². The van der Waals surface area contributed by atoms with Gasteiger partial charge in [0.15, 0.2) is 0 Å². The minimum absolute atomic E-state index is 0.193. The zero-order chi connectivity index (χ0) is 13.1. The third kappa shape index (κ3) is 3.48. The normalized spacial score (nSPS) is 21.0. The van der Waals surface area contributed by atoms with Gasteiger partial charge in [0.25, 0.3) is 0 Å². The summed E-state index contributed by atoms with van der Waals surface area (Å²) in [6, 6.07) is 4.39. The lowest BCUT2D eigenvalue weighted by Gasteiger charge is -2.30. The van der Waals surface area contributed by atoms with Crippen LogP contribution in [0.25, 0.3) is 0 Å². The Morgan fingerprint density at radius 3 is 2.89 bits per heavy atom. The number of benzene rings is 1. The van der Waals surface area contributed by atoms with Gasteiger partial charge in [0.05, 0.1) is 0 Å². The van der Waals surface area contributed by atoms with E-state index in [0.29, 0.717) is 17.4 Å². The third-order valence-corrected chi connectivity index (χ3v) is 4.23. The average Bonchev–Trinajstić information content (AvgIpc) is 2.31. The van der Waals surface area contributed by atoms with Crippen molar-refractivity contribution in [3.63, 3.8) is 0 Å². The molecule has 1 atom stereocenters. The highest BCUT2D eigenvalue weighted by atomic mass is 32.2. The number of nitrogens with zero attached hydrogens (tertiary/aromatic N) is 1. The molecule has 1 aliphatic heterocycles. The summed E-state index contributed by atoms with van der Waals surface area (Å²) < 4.78 is 13.8. The molecular weight excluding hydrogens is 252 g/mol. The van der Waals surface area contributed by atoms with Crippen molar-refractivity contribution in [1.82, 2.24) is 4.90 Å². The molecule has 2 N–H and O–H groups in total. The first-order valence-corrected chi connectivity index (χ1v) is 7.09. The van der Waals surface area contributed by atoms with Crippen molar-refractivity contribution in [2.24, 2.45) is 0 Å². The highest BCUT2D eigenvalue weighted by Crippen LogP contribution is 2.20. The van der Waals surface area contributed by atoms with Gasteiger partial charge in [0.2, 0.25) is 0 Å². The van der Waals surface area contributed by atoms with E-state index in [1.807, 2.05) is 11.8 Å². The summed E-state index contributed by atoms with van der Waals surface area (Å²) in [6.07, 6.45) is 0. The van der Waals surface area contributed by atoms with E-state index in [2.05, 4.69) is 11.8 Å². The topological polar surface area (TPSA) is 43.7 Å². The second-order valence-corrected chi connectivity index (χ2v) is 6.19. The Balaban J connectivity index is 2.05. The summed E-state index contributed by atoms with van der Waals surface area (Å²) in [6.45, 7) is 4.70. The molecule has 0 aromatic heterocycles. The first-order chi connectivity index (χ1) is 8.56. The van der Waals surface area contributed by atoms with Crippen molar-refractivity contribution < 1.29 is 14.4 Å². The Kier molecular flexibility index (Phi) is 4.67. The van der Waals surface area contributed by atoms with Gasteiger partial charge >= 0.3 is 7.12 Å². The first-order valence-electron chi connectivity index (χ1n) is 6.04. The number of thioether (sulfide) groups is 1. The zero-order valence-corrected chi connectivity index (χ0v) is 11.2. The molecule has 3 nitrogen and oxygen atoms in total. The van der Waals surface area contributed by atoms with Crippen LogP contribution in [0.2, 0.25) is 0 Å². The second-order valence-electron chi connectivity index (χ2n) is 4.64. The molecule has 1 fully saturated rings. The van der Waals surface area contributed by atoms with Crippen LogP contribution in [0.1, 0.15) is 12.5 Å². The monoisotopic (exact) mass is 269 g/mol. The van der Waals surface area contributed by atoms with Crippen molar-refractivity contribution in [3.8, 4) is 0 Å². The lowest BCUT2D eigenvalue weighted by atomic mass is 9.80. The molecule has 1 aliphatic rings. The largest absolute Gasteiger partial charge is 0.488 e. The number of hydrogen-bond acceptors (Lipinski definition) is 4. The van der Waals surface area contributed by atoms with Gasteiger partial charge in [0, 0.05) is 36.2 Å². The van der Waals surface area contributed by atoms with Gasteiger partial charge in [0.1, 0.15) is 5.82 Å². The van der Waals surface area contributed by atoms with Crippen molar-refractivity contribution >= 4 is 24.3 Å². The summed E-state index contributed by atoms with van der Waals surface area (Å²) in [5.41, 5.74) is 0.803. The molecule has 1 unspecified atom stereocenters. The SMILES string of the molecule is CC1CN(Cc2ccc(B(O)O)cc2F)CCS1. The maximum Gasteiger partial charge on any atom is 0.488 e. The van der Waals surface area contributed by atoms with Crippen molar-refractivity contribution in [2.45, 2.75) is 18.7 Å². The van der Waals surface area contributed by atoms with Gasteiger partial charge in [-0.2, -0.15) is 11.8 Å². The lowest BCUT2D eigenvalue weighted by Crippen LogP contribution is -2.36. The maximum absolute atomic E-state index is 13.8. The smallest absolute Gasteiger partial charge is 0.423 e. The van der Waals surface area contributed by atoms with E-state index >= 15 is 0 Å². The lowest BCUT2D eigenvalue weighted by molar-refractivity contribution is 0.274. The number of rotatable bonds is 3. The zero-order valence-electron chi connectivity index (χ0n) is 10.3. The molecule has 0 saturated carbocycles. The molecule has 1 heterocycles. The molecule has 0 radical (unpaired) electrons. The van der Waals surface area contributed by atoms with Crippen LogP contribution < -0.4 is 5.46 Å². The van der Waals surface area contributed by atoms with Crippen LogP contribution in [0.3, 0.4) is 0 Å². The fraction of sp³-hybridized carbons (Fsp3) is 0.500. The second kappa shape index (κ2) is 6.06. The molecule has 0 amide bonds. The molecule has 0 spiro atoms. The quantitative estimate of drug-likeness (QED) is 0.782. The predicted octanol–water partition coefficient (Wildman–Crippen LogP) is 0.443. The first kappa shape index (κ1) is 13.9. The van der Waals surface area contributed by atoms with E-state index < -0.39 is 7.12 Å². The van der Waals surface area contributed by atoms with Crippen molar-refractivity contribution in [2.75, 3.05) is 18.8 Å². The van der Waals surface area contributed by atoms with Crippen molar-refractivity contribution in [3.05, 3.63) is 29.6 Å². The molecule has 0 bridgehead atoms. The third-order valence-electron chi connectivity index (χ3n) is 3.09. The molecule has 0 aliphatic carbocycles. The van der Waals surface area contributed by atoms with E-state index in [1.54, 1.807) is 12.1 Å². The van der Waals surface area contributed by atoms with Crippen LogP contribution in [-0.2, 0) is 6.54 Å². The van der Waals surface area contributed by atoms with E-state index in [-0.39, 0.29) is 11.3 Å². The summed E-state index contributed by atoms with van der Waals surface area (Å²) in [4.78, 5) is 2.23. The summed E-state index contributed by atoms with van der Waals surface area (Å²) in [5.74, 6) is 0.711. The van der Waals surface area contributed by atoms with E-state index in [1.165, 1.54) is 6.07 Å². The van der Waals surface area contributed by atoms with Gasteiger partial charge in [-0.05, 0) is 11.5 Å². The standard InChI is InChI=1S/C12H17BFNO2S/c1-9-7-15(4-5-18-9)8-10-2-3-11(13(16)17)6-12(10)14/h2-3,6,9,16-17H,4-5,7-8H2,1H3. The van der Waals surface area contributed by atoms with Gasteiger partial charge in [-0.3, -0.25) is 4.90 Å². The van der Waals surface area contributed by atoms with Crippen LogP contribution in [0.4, 0.5) is 4.39 Å². The number of hydrogen-bond donors (Lipinski definition) is 2. The summed E-state index contributed by atoms with van der Waals surface area (Å²) in [5, 5.41) is 18.5. The van der Waals surface area contributed by atoms with Crippen LogP contribution in [0, 0.1) is 5.82 Å². The molecule has 2 rings (SSSR count). The van der Waals surface area contributed by atoms with E-state index in [9.17, 15) is 4.39 Å². The Labute approximate surface area is 111 Å². The van der Waals surface area contributed by atoms with Gasteiger partial charge < -0.3 is 10.0 Å². The molecule has 1 aromatic rings. The van der Waals surface area contributed by atoms with Crippen LogP contribution in [-0.4, -0.2) is 46.2 Å². The number of halogens is 1. The molecular formula is C12H17BFNO2S. The minimum atomic E-state index is -1.61. The predicted molar refractivity (Wildman–Crippen MR) is 73.4 cm³/mol. The molecule has 6 heteroatoms. The summed E-state index contributed by atoms with van der Waals surface area (Å²) >= 11 is 1.94. The molecule has 1 saturated heterocycles. The average molecular weight is 269 g/mol. The Hall–Kier alpha value is -0.555. The summed E-state index contributed by atoms with van der Waals surface area (Å²) in [7, 11) is -1.61. The van der Waals surface area contributed by atoms with Gasteiger partial charge in [-0.25, -0.2) is 4.39 Å². The fourth-order valence-corrected chi connectivity index (χ4v) is 3.21. The maximum atomic E-state index is 13.8. The van der Waals surface area contributed by atoms with Gasteiger partial charge in [-0.1, -0.05) is 19.1 Å². The van der Waals surface area contributed by atoms with Crippen LogP contribution >= 0.6 is 11.8 Å². The van der Waals surface area contributed by atoms with Crippen molar-refractivity contribution in [1.29, 1.82) is 0 Å². The van der Waals surface area contributed by atoms with Crippen LogP contribution in [0.5, 0.6) is 0 Å². The fourth-order valence-electron chi connectivity index (χ4n) is 2.13. The Morgan fingerprint density at radius 2 is 2.28 bits per heavy atom. The van der Waals surface area contributed by atoms with Crippen LogP contribution in [0.15, 0.2) is 18.2 Å². The highest BCUT2D eigenvalue weighted by molar-refractivity contribution is 7.99. The van der Waals surface area contributed by atoms with Gasteiger partial charge in [-0.15, -0.1) is 0 Å². The van der Waals surface area contributed by atoms with E-state index in [4.69, 9.17) is 10.0 Å².